The summed E-state index contributed by atoms with van der Waals surface area (Å²) in [6.07, 6.45) is 4.56. The zero-order valence-electron chi connectivity index (χ0n) is 13.0. The first-order valence-corrected chi connectivity index (χ1v) is 7.78. The molecule has 2 atom stereocenters. The Bertz CT molecular complexity index is 433. The van der Waals surface area contributed by atoms with Gasteiger partial charge in [0.05, 0.1) is 0 Å². The van der Waals surface area contributed by atoms with Crippen LogP contribution in [0.1, 0.15) is 44.2 Å². The highest BCUT2D eigenvalue weighted by atomic mass is 35.5. The third-order valence-electron chi connectivity index (χ3n) is 4.06. The second-order valence-electron chi connectivity index (χ2n) is 5.81. The van der Waals surface area contributed by atoms with Crippen molar-refractivity contribution < 1.29 is 4.79 Å². The molecule has 1 saturated heterocycles. The molecule has 0 aromatic heterocycles. The first-order chi connectivity index (χ1) is 9.67. The average Bonchev–Trinajstić information content (AvgIpc) is 2.46. The topological polar surface area (TPSA) is 41.1 Å². The normalized spacial score (nSPS) is 21.4. The number of carbonyl (C=O) groups excluding carboxylic acids is 1. The van der Waals surface area contributed by atoms with E-state index in [-0.39, 0.29) is 18.3 Å². The Morgan fingerprint density at radius 2 is 1.95 bits per heavy atom. The van der Waals surface area contributed by atoms with Crippen molar-refractivity contribution in [1.82, 2.24) is 10.6 Å². The lowest BCUT2D eigenvalue weighted by Gasteiger charge is -2.28. The maximum Gasteiger partial charge on any atom is 0.220 e. The monoisotopic (exact) mass is 310 g/mol. The molecular formula is C17H27ClN2O. The SMILES string of the molecule is CCc1ccc(CCC(=O)NC2CCNC(C)C2)cc1.Cl. The van der Waals surface area contributed by atoms with Crippen LogP contribution < -0.4 is 10.6 Å². The number of nitrogens with one attached hydrogen (secondary N) is 2. The van der Waals surface area contributed by atoms with Crippen molar-refractivity contribution in [3.63, 3.8) is 0 Å². The molecule has 1 aliphatic heterocycles. The predicted molar refractivity (Wildman–Crippen MR) is 90.0 cm³/mol. The summed E-state index contributed by atoms with van der Waals surface area (Å²) < 4.78 is 0. The highest BCUT2D eigenvalue weighted by molar-refractivity contribution is 5.85. The molecule has 1 aromatic rings. The first-order valence-electron chi connectivity index (χ1n) is 7.78. The molecular weight excluding hydrogens is 284 g/mol. The van der Waals surface area contributed by atoms with Gasteiger partial charge in [0.15, 0.2) is 0 Å². The van der Waals surface area contributed by atoms with Gasteiger partial charge in [-0.1, -0.05) is 31.2 Å². The number of rotatable bonds is 5. The number of amides is 1. The third-order valence-corrected chi connectivity index (χ3v) is 4.06. The first kappa shape index (κ1) is 18.0. The second-order valence-corrected chi connectivity index (χ2v) is 5.81. The van der Waals surface area contributed by atoms with Crippen molar-refractivity contribution >= 4 is 18.3 Å². The van der Waals surface area contributed by atoms with Crippen LogP contribution in [-0.4, -0.2) is 24.5 Å². The highest BCUT2D eigenvalue weighted by Crippen LogP contribution is 2.10. The number of piperidine rings is 1. The van der Waals surface area contributed by atoms with Crippen LogP contribution in [0, 0.1) is 0 Å². The average molecular weight is 311 g/mol. The fourth-order valence-electron chi connectivity index (χ4n) is 2.76. The molecule has 3 nitrogen and oxygen atoms in total. The molecule has 0 aliphatic carbocycles. The summed E-state index contributed by atoms with van der Waals surface area (Å²) in [6.45, 7) is 5.33. The number of aryl methyl sites for hydroxylation is 2. The van der Waals surface area contributed by atoms with Crippen LogP contribution in [0.5, 0.6) is 0 Å². The largest absolute Gasteiger partial charge is 0.353 e. The summed E-state index contributed by atoms with van der Waals surface area (Å²) in [5.74, 6) is 0.184. The van der Waals surface area contributed by atoms with Gasteiger partial charge in [0.1, 0.15) is 0 Å². The van der Waals surface area contributed by atoms with Crippen molar-refractivity contribution in [3.8, 4) is 0 Å². The number of hydrogen-bond acceptors (Lipinski definition) is 2. The molecule has 0 saturated carbocycles. The lowest BCUT2D eigenvalue weighted by atomic mass is 10.00. The van der Waals surface area contributed by atoms with Gasteiger partial charge in [-0.3, -0.25) is 4.79 Å². The van der Waals surface area contributed by atoms with Crippen LogP contribution in [0.25, 0.3) is 0 Å². The van der Waals surface area contributed by atoms with E-state index in [4.69, 9.17) is 0 Å². The summed E-state index contributed by atoms with van der Waals surface area (Å²) in [5.41, 5.74) is 2.60. The van der Waals surface area contributed by atoms with E-state index in [2.05, 4.69) is 48.7 Å². The standard InChI is InChI=1S/C17H26N2O.ClH/c1-3-14-4-6-15(7-5-14)8-9-17(20)19-16-10-11-18-13(2)12-16;/h4-7,13,16,18H,3,8-12H2,1-2H3,(H,19,20);1H. The number of carbonyl (C=O) groups is 1. The van der Waals surface area contributed by atoms with Crippen molar-refractivity contribution in [2.45, 2.75) is 58.0 Å². The third kappa shape index (κ3) is 6.06. The lowest BCUT2D eigenvalue weighted by molar-refractivity contribution is -0.122. The number of benzene rings is 1. The summed E-state index contributed by atoms with van der Waals surface area (Å²) in [5, 5.41) is 6.57. The molecule has 1 aromatic carbocycles. The van der Waals surface area contributed by atoms with E-state index in [1.807, 2.05) is 0 Å². The minimum atomic E-state index is 0. The van der Waals surface area contributed by atoms with E-state index in [1.54, 1.807) is 0 Å². The Morgan fingerprint density at radius 3 is 2.57 bits per heavy atom. The Hall–Kier alpha value is -1.06. The molecule has 1 aliphatic rings. The van der Waals surface area contributed by atoms with Gasteiger partial charge < -0.3 is 10.6 Å². The van der Waals surface area contributed by atoms with Crippen LogP contribution >= 0.6 is 12.4 Å². The Balaban J connectivity index is 0.00000220. The summed E-state index contributed by atoms with van der Waals surface area (Å²) in [7, 11) is 0. The highest BCUT2D eigenvalue weighted by Gasteiger charge is 2.19. The van der Waals surface area contributed by atoms with Crippen LogP contribution in [0.15, 0.2) is 24.3 Å². The smallest absolute Gasteiger partial charge is 0.220 e. The van der Waals surface area contributed by atoms with E-state index in [1.165, 1.54) is 11.1 Å². The van der Waals surface area contributed by atoms with E-state index in [0.717, 1.165) is 32.2 Å². The molecule has 0 radical (unpaired) electrons. The van der Waals surface area contributed by atoms with Crippen molar-refractivity contribution in [2.24, 2.45) is 0 Å². The molecule has 0 spiro atoms. The Morgan fingerprint density at radius 1 is 1.29 bits per heavy atom. The van der Waals surface area contributed by atoms with Gasteiger partial charge in [0.25, 0.3) is 0 Å². The molecule has 118 valence electrons. The second kappa shape index (κ2) is 9.06. The van der Waals surface area contributed by atoms with Crippen molar-refractivity contribution in [2.75, 3.05) is 6.54 Å². The van der Waals surface area contributed by atoms with Gasteiger partial charge in [0, 0.05) is 18.5 Å². The van der Waals surface area contributed by atoms with E-state index in [0.29, 0.717) is 18.5 Å². The quantitative estimate of drug-likeness (QED) is 0.878. The summed E-state index contributed by atoms with van der Waals surface area (Å²) in [6, 6.07) is 9.44. The molecule has 1 fully saturated rings. The van der Waals surface area contributed by atoms with Gasteiger partial charge in [-0.05, 0) is 50.3 Å². The lowest BCUT2D eigenvalue weighted by Crippen LogP contribution is -2.46. The maximum atomic E-state index is 12.0. The van der Waals surface area contributed by atoms with Gasteiger partial charge in [-0.25, -0.2) is 0 Å². The zero-order chi connectivity index (χ0) is 14.4. The van der Waals surface area contributed by atoms with Crippen LogP contribution in [0.4, 0.5) is 0 Å². The van der Waals surface area contributed by atoms with Crippen molar-refractivity contribution in [1.29, 1.82) is 0 Å². The molecule has 4 heteroatoms. The van der Waals surface area contributed by atoms with Gasteiger partial charge in [0.2, 0.25) is 5.91 Å². The summed E-state index contributed by atoms with van der Waals surface area (Å²) >= 11 is 0. The maximum absolute atomic E-state index is 12.0. The Labute approximate surface area is 134 Å². The minimum absolute atomic E-state index is 0. The number of hydrogen-bond donors (Lipinski definition) is 2. The zero-order valence-corrected chi connectivity index (χ0v) is 13.8. The fourth-order valence-corrected chi connectivity index (χ4v) is 2.76. The van der Waals surface area contributed by atoms with Crippen LogP contribution in [0.3, 0.4) is 0 Å². The van der Waals surface area contributed by atoms with E-state index in [9.17, 15) is 4.79 Å². The molecule has 1 heterocycles. The molecule has 1 amide bonds. The van der Waals surface area contributed by atoms with Gasteiger partial charge in [-0.2, -0.15) is 0 Å². The summed E-state index contributed by atoms with van der Waals surface area (Å²) in [4.78, 5) is 12.0. The Kier molecular flexibility index (Phi) is 7.76. The fraction of sp³-hybridized carbons (Fsp3) is 0.588. The molecule has 21 heavy (non-hydrogen) atoms. The van der Waals surface area contributed by atoms with Crippen molar-refractivity contribution in [3.05, 3.63) is 35.4 Å². The van der Waals surface area contributed by atoms with Crippen LogP contribution in [0.2, 0.25) is 0 Å². The molecule has 0 bridgehead atoms. The van der Waals surface area contributed by atoms with Gasteiger partial charge >= 0.3 is 0 Å². The van der Waals surface area contributed by atoms with Crippen LogP contribution in [-0.2, 0) is 17.6 Å². The van der Waals surface area contributed by atoms with E-state index >= 15 is 0 Å². The van der Waals surface area contributed by atoms with Gasteiger partial charge in [-0.15, -0.1) is 12.4 Å². The molecule has 2 unspecified atom stereocenters. The molecule has 2 rings (SSSR count). The van der Waals surface area contributed by atoms with E-state index < -0.39 is 0 Å². The number of halogens is 1. The molecule has 2 N–H and O–H groups in total. The minimum Gasteiger partial charge on any atom is -0.353 e. The predicted octanol–water partition coefficient (Wildman–Crippen LogP) is 2.86.